The third kappa shape index (κ3) is 2.69. The lowest BCUT2D eigenvalue weighted by molar-refractivity contribution is 0.107. The van der Waals surface area contributed by atoms with Gasteiger partial charge in [0, 0.05) is 45.0 Å². The van der Waals surface area contributed by atoms with Gasteiger partial charge in [0.05, 0.1) is 18.7 Å². The Balaban J connectivity index is 1.67. The molecule has 2 atom stereocenters. The van der Waals surface area contributed by atoms with Gasteiger partial charge < -0.3 is 9.72 Å². The van der Waals surface area contributed by atoms with E-state index >= 15 is 0 Å². The molecule has 102 valence electrons. The normalized spacial score (nSPS) is 24.1. The van der Waals surface area contributed by atoms with Crippen LogP contribution in [0.1, 0.15) is 18.3 Å². The summed E-state index contributed by atoms with van der Waals surface area (Å²) in [4.78, 5) is 10.0. The molecule has 2 aromatic heterocycles. The molecule has 0 aromatic carbocycles. The molecule has 1 saturated heterocycles. The number of ether oxygens (including phenoxy) is 1. The predicted octanol–water partition coefficient (Wildman–Crippen LogP) is 1.07. The number of likely N-dealkylation sites (tertiary alicyclic amines) is 1. The number of aromatic amines is 1. The van der Waals surface area contributed by atoms with Crippen molar-refractivity contribution >= 4 is 0 Å². The molecular formula is C13H19N5O. The molecule has 0 spiro atoms. The number of aromatic nitrogens is 4. The lowest BCUT2D eigenvalue weighted by atomic mass is 10.2. The quantitative estimate of drug-likeness (QED) is 0.874. The largest absolute Gasteiger partial charge is 0.380 e. The second kappa shape index (κ2) is 5.54. The zero-order valence-corrected chi connectivity index (χ0v) is 11.1. The number of rotatable bonds is 5. The molecule has 3 rings (SSSR count). The maximum atomic E-state index is 5.50. The van der Waals surface area contributed by atoms with Crippen LogP contribution in [0.15, 0.2) is 30.9 Å². The Morgan fingerprint density at radius 1 is 1.42 bits per heavy atom. The van der Waals surface area contributed by atoms with Crippen molar-refractivity contribution in [2.75, 3.05) is 20.2 Å². The molecular weight excluding hydrogens is 242 g/mol. The van der Waals surface area contributed by atoms with Crippen molar-refractivity contribution in [2.24, 2.45) is 0 Å². The second-order valence-electron chi connectivity index (χ2n) is 4.85. The van der Waals surface area contributed by atoms with Crippen molar-refractivity contribution in [1.29, 1.82) is 0 Å². The van der Waals surface area contributed by atoms with E-state index in [9.17, 15) is 0 Å². The van der Waals surface area contributed by atoms with E-state index in [4.69, 9.17) is 4.74 Å². The van der Waals surface area contributed by atoms with E-state index < -0.39 is 0 Å². The average Bonchev–Trinajstić information content (AvgIpc) is 3.16. The highest BCUT2D eigenvalue weighted by molar-refractivity contribution is 5.01. The predicted molar refractivity (Wildman–Crippen MR) is 70.5 cm³/mol. The Bertz CT molecular complexity index is 481. The van der Waals surface area contributed by atoms with Crippen molar-refractivity contribution in [2.45, 2.75) is 25.1 Å². The summed E-state index contributed by atoms with van der Waals surface area (Å²) in [5.74, 6) is 1.03. The van der Waals surface area contributed by atoms with Gasteiger partial charge in [-0.15, -0.1) is 0 Å². The first-order chi connectivity index (χ1) is 9.36. The number of hydrogen-bond acceptors (Lipinski definition) is 4. The third-order valence-electron chi connectivity index (χ3n) is 3.71. The zero-order chi connectivity index (χ0) is 13.1. The smallest absolute Gasteiger partial charge is 0.123 e. The Morgan fingerprint density at radius 3 is 3.05 bits per heavy atom. The first-order valence-electron chi connectivity index (χ1n) is 6.60. The van der Waals surface area contributed by atoms with Gasteiger partial charge in [-0.05, 0) is 12.5 Å². The van der Waals surface area contributed by atoms with Crippen molar-refractivity contribution < 1.29 is 4.74 Å². The van der Waals surface area contributed by atoms with Crippen molar-refractivity contribution in [3.05, 3.63) is 36.7 Å². The molecule has 6 heteroatoms. The highest BCUT2D eigenvalue weighted by atomic mass is 16.5. The van der Waals surface area contributed by atoms with Gasteiger partial charge in [0.2, 0.25) is 0 Å². The average molecular weight is 261 g/mol. The van der Waals surface area contributed by atoms with Gasteiger partial charge in [-0.2, -0.15) is 5.10 Å². The van der Waals surface area contributed by atoms with Crippen LogP contribution in [0.4, 0.5) is 0 Å². The fraction of sp³-hybridized carbons (Fsp3) is 0.538. The van der Waals surface area contributed by atoms with Crippen LogP contribution in [-0.2, 0) is 11.3 Å². The SMILES string of the molecule is CO[C@@H]1CC(c2ncc[nH]2)N(CCn2cccn2)C1. The summed E-state index contributed by atoms with van der Waals surface area (Å²) in [6.07, 6.45) is 8.76. The summed E-state index contributed by atoms with van der Waals surface area (Å²) in [6, 6.07) is 2.27. The summed E-state index contributed by atoms with van der Waals surface area (Å²) in [5.41, 5.74) is 0. The summed E-state index contributed by atoms with van der Waals surface area (Å²) in [7, 11) is 1.78. The van der Waals surface area contributed by atoms with E-state index in [1.54, 1.807) is 13.3 Å². The van der Waals surface area contributed by atoms with Crippen molar-refractivity contribution in [3.63, 3.8) is 0 Å². The lowest BCUT2D eigenvalue weighted by Crippen LogP contribution is -2.29. The highest BCUT2D eigenvalue weighted by Crippen LogP contribution is 2.30. The van der Waals surface area contributed by atoms with Crippen LogP contribution in [0.2, 0.25) is 0 Å². The Hall–Kier alpha value is -1.66. The van der Waals surface area contributed by atoms with Gasteiger partial charge in [-0.3, -0.25) is 9.58 Å². The van der Waals surface area contributed by atoms with Crippen molar-refractivity contribution in [1.82, 2.24) is 24.6 Å². The maximum absolute atomic E-state index is 5.50. The van der Waals surface area contributed by atoms with Crippen LogP contribution in [0.25, 0.3) is 0 Å². The third-order valence-corrected chi connectivity index (χ3v) is 3.71. The minimum Gasteiger partial charge on any atom is -0.380 e. The summed E-state index contributed by atoms with van der Waals surface area (Å²) < 4.78 is 7.46. The van der Waals surface area contributed by atoms with Crippen LogP contribution in [0.5, 0.6) is 0 Å². The summed E-state index contributed by atoms with van der Waals surface area (Å²) in [6.45, 7) is 2.79. The topological polar surface area (TPSA) is 59.0 Å². The van der Waals surface area contributed by atoms with Gasteiger partial charge in [-0.1, -0.05) is 0 Å². The Morgan fingerprint density at radius 2 is 2.37 bits per heavy atom. The van der Waals surface area contributed by atoms with Gasteiger partial charge in [0.25, 0.3) is 0 Å². The second-order valence-corrected chi connectivity index (χ2v) is 4.85. The lowest BCUT2D eigenvalue weighted by Gasteiger charge is -2.22. The number of imidazole rings is 1. The summed E-state index contributed by atoms with van der Waals surface area (Å²) >= 11 is 0. The number of nitrogens with zero attached hydrogens (tertiary/aromatic N) is 4. The van der Waals surface area contributed by atoms with Gasteiger partial charge in [-0.25, -0.2) is 4.98 Å². The molecule has 0 saturated carbocycles. The molecule has 1 unspecified atom stereocenters. The van der Waals surface area contributed by atoms with E-state index in [0.29, 0.717) is 6.04 Å². The standard InChI is InChI=1S/C13H19N5O/c1-19-11-9-12(13-14-4-5-15-13)17(10-11)7-8-18-6-2-3-16-18/h2-6,11-12H,7-10H2,1H3,(H,14,15)/t11-,12?/m1/s1. The molecule has 2 aromatic rings. The Labute approximate surface area is 112 Å². The van der Waals surface area contributed by atoms with Crippen LogP contribution in [-0.4, -0.2) is 51.0 Å². The van der Waals surface area contributed by atoms with E-state index in [2.05, 4.69) is 20.0 Å². The highest BCUT2D eigenvalue weighted by Gasteiger charge is 2.34. The van der Waals surface area contributed by atoms with E-state index in [0.717, 1.165) is 31.9 Å². The van der Waals surface area contributed by atoms with Gasteiger partial charge in [0.1, 0.15) is 5.82 Å². The molecule has 1 aliphatic heterocycles. The molecule has 0 aliphatic carbocycles. The molecule has 1 aliphatic rings. The number of hydrogen-bond donors (Lipinski definition) is 1. The van der Waals surface area contributed by atoms with E-state index in [-0.39, 0.29) is 6.10 Å². The number of H-pyrrole nitrogens is 1. The van der Waals surface area contributed by atoms with Crippen LogP contribution >= 0.6 is 0 Å². The molecule has 0 bridgehead atoms. The fourth-order valence-corrected chi connectivity index (χ4v) is 2.69. The first-order valence-corrected chi connectivity index (χ1v) is 6.60. The molecule has 1 N–H and O–H groups in total. The zero-order valence-electron chi connectivity index (χ0n) is 11.1. The molecule has 1 fully saturated rings. The van der Waals surface area contributed by atoms with Gasteiger partial charge >= 0.3 is 0 Å². The van der Waals surface area contributed by atoms with Gasteiger partial charge in [0.15, 0.2) is 0 Å². The molecule has 19 heavy (non-hydrogen) atoms. The molecule has 0 amide bonds. The van der Waals surface area contributed by atoms with Crippen LogP contribution < -0.4 is 0 Å². The summed E-state index contributed by atoms with van der Waals surface area (Å²) in [5, 5.41) is 4.24. The minimum absolute atomic E-state index is 0.285. The first kappa shape index (κ1) is 12.4. The monoisotopic (exact) mass is 261 g/mol. The molecule has 3 heterocycles. The van der Waals surface area contributed by atoms with E-state index in [1.165, 1.54) is 0 Å². The van der Waals surface area contributed by atoms with Crippen molar-refractivity contribution in [3.8, 4) is 0 Å². The minimum atomic E-state index is 0.285. The molecule has 6 nitrogen and oxygen atoms in total. The van der Waals surface area contributed by atoms with E-state index in [1.807, 2.05) is 29.3 Å². The van der Waals surface area contributed by atoms with Crippen LogP contribution in [0.3, 0.4) is 0 Å². The Kier molecular flexibility index (Phi) is 3.61. The number of nitrogens with one attached hydrogen (secondary N) is 1. The maximum Gasteiger partial charge on any atom is 0.123 e. The molecule has 0 radical (unpaired) electrons. The fourth-order valence-electron chi connectivity index (χ4n) is 2.69. The number of methoxy groups -OCH3 is 1. The van der Waals surface area contributed by atoms with Crippen LogP contribution in [0, 0.1) is 0 Å².